The molecular formula is C6H13NOS2. The highest BCUT2D eigenvalue weighted by molar-refractivity contribution is 8.02. The normalized spacial score (nSPS) is 11.7. The van der Waals surface area contributed by atoms with Crippen LogP contribution in [0.3, 0.4) is 0 Å². The number of ether oxygens (including phenoxy) is 1. The van der Waals surface area contributed by atoms with Gasteiger partial charge in [-0.1, -0.05) is 0 Å². The van der Waals surface area contributed by atoms with E-state index in [-0.39, 0.29) is 0 Å². The Balaban J connectivity index is 3.16. The topological polar surface area (TPSA) is 21.6 Å². The van der Waals surface area contributed by atoms with Crippen molar-refractivity contribution in [2.45, 2.75) is 6.92 Å². The Hall–Kier alpha value is 0.170. The Morgan fingerprint density at radius 3 is 2.70 bits per heavy atom. The summed E-state index contributed by atoms with van der Waals surface area (Å²) < 4.78 is 8.93. The van der Waals surface area contributed by atoms with E-state index in [2.05, 4.69) is 10.7 Å². The van der Waals surface area contributed by atoms with Crippen LogP contribution in [0.1, 0.15) is 6.92 Å². The Morgan fingerprint density at radius 2 is 2.20 bits per heavy atom. The van der Waals surface area contributed by atoms with Crippen molar-refractivity contribution in [1.29, 1.82) is 0 Å². The van der Waals surface area contributed by atoms with E-state index >= 15 is 0 Å². The molecule has 2 nitrogen and oxygen atoms in total. The Labute approximate surface area is 71.0 Å². The van der Waals surface area contributed by atoms with Crippen molar-refractivity contribution in [3.8, 4) is 0 Å². The summed E-state index contributed by atoms with van der Waals surface area (Å²) in [4.78, 5) is 0. The minimum Gasteiger partial charge on any atom is -0.484 e. The van der Waals surface area contributed by atoms with Gasteiger partial charge in [-0.25, -0.2) is 0 Å². The molecule has 0 aliphatic rings. The Bertz CT molecular complexity index is 106. The third-order valence-corrected chi connectivity index (χ3v) is 2.51. The van der Waals surface area contributed by atoms with Crippen LogP contribution in [0.5, 0.6) is 0 Å². The summed E-state index contributed by atoms with van der Waals surface area (Å²) in [6, 6.07) is 0. The van der Waals surface area contributed by atoms with Gasteiger partial charge in [0, 0.05) is 18.4 Å². The highest BCUT2D eigenvalue weighted by Gasteiger charge is 1.86. The second kappa shape index (κ2) is 7.28. The minimum absolute atomic E-state index is 0.742. The highest BCUT2D eigenvalue weighted by atomic mass is 32.2. The number of rotatable bonds is 4. The smallest absolute Gasteiger partial charge is 0.191 e. The van der Waals surface area contributed by atoms with E-state index in [1.807, 2.05) is 18.7 Å². The van der Waals surface area contributed by atoms with Gasteiger partial charge in [0.15, 0.2) is 5.90 Å². The molecule has 0 heterocycles. The summed E-state index contributed by atoms with van der Waals surface area (Å²) in [5.41, 5.74) is 0. The SMILES string of the molecule is COC(C)=NSCCSC. The van der Waals surface area contributed by atoms with Crippen LogP contribution in [0.15, 0.2) is 4.40 Å². The average Bonchev–Trinajstić information content (AvgIpc) is 1.98. The van der Waals surface area contributed by atoms with Crippen molar-refractivity contribution in [3.63, 3.8) is 0 Å². The molecule has 4 heteroatoms. The van der Waals surface area contributed by atoms with Gasteiger partial charge in [0.05, 0.1) is 7.11 Å². The molecule has 0 radical (unpaired) electrons. The van der Waals surface area contributed by atoms with Crippen LogP contribution in [0.25, 0.3) is 0 Å². The van der Waals surface area contributed by atoms with E-state index in [0.29, 0.717) is 0 Å². The molecule has 0 aromatic rings. The molecule has 0 rings (SSSR count). The third kappa shape index (κ3) is 6.29. The second-order valence-electron chi connectivity index (χ2n) is 1.64. The molecule has 0 aliphatic carbocycles. The number of thioether (sulfide) groups is 1. The summed E-state index contributed by atoms with van der Waals surface area (Å²) in [5, 5.41) is 0. The first-order valence-corrected chi connectivity index (χ1v) is 5.34. The predicted molar refractivity (Wildman–Crippen MR) is 51.0 cm³/mol. The molecule has 0 bridgehead atoms. The summed E-state index contributed by atoms with van der Waals surface area (Å²) >= 11 is 3.38. The van der Waals surface area contributed by atoms with E-state index in [4.69, 9.17) is 4.74 Å². The van der Waals surface area contributed by atoms with E-state index in [1.165, 1.54) is 0 Å². The van der Waals surface area contributed by atoms with Crippen molar-refractivity contribution in [2.24, 2.45) is 4.40 Å². The van der Waals surface area contributed by atoms with E-state index < -0.39 is 0 Å². The molecule has 0 spiro atoms. The van der Waals surface area contributed by atoms with Gasteiger partial charge < -0.3 is 4.74 Å². The first kappa shape index (κ1) is 10.2. The zero-order chi connectivity index (χ0) is 7.82. The molecule has 0 aliphatic heterocycles. The summed E-state index contributed by atoms with van der Waals surface area (Å²) in [7, 11) is 1.63. The molecule has 0 aromatic carbocycles. The zero-order valence-electron chi connectivity index (χ0n) is 6.59. The summed E-state index contributed by atoms with van der Waals surface area (Å²) in [6.07, 6.45) is 2.09. The molecule has 0 atom stereocenters. The van der Waals surface area contributed by atoms with Gasteiger partial charge in [-0.15, -0.1) is 0 Å². The fourth-order valence-electron chi connectivity index (χ4n) is 0.294. The highest BCUT2D eigenvalue weighted by Crippen LogP contribution is 2.05. The van der Waals surface area contributed by atoms with Crippen molar-refractivity contribution in [1.82, 2.24) is 0 Å². The molecule has 0 amide bonds. The Kier molecular flexibility index (Phi) is 7.40. The van der Waals surface area contributed by atoms with Crippen molar-refractivity contribution >= 4 is 29.6 Å². The minimum atomic E-state index is 0.742. The van der Waals surface area contributed by atoms with Gasteiger partial charge in [0.2, 0.25) is 0 Å². The molecular weight excluding hydrogens is 166 g/mol. The fraction of sp³-hybridized carbons (Fsp3) is 0.833. The van der Waals surface area contributed by atoms with E-state index in [1.54, 1.807) is 19.1 Å². The zero-order valence-corrected chi connectivity index (χ0v) is 8.22. The van der Waals surface area contributed by atoms with E-state index in [9.17, 15) is 0 Å². The lowest BCUT2D eigenvalue weighted by Gasteiger charge is -1.95. The van der Waals surface area contributed by atoms with Gasteiger partial charge in [-0.3, -0.25) is 0 Å². The summed E-state index contributed by atoms with van der Waals surface area (Å²) in [5.74, 6) is 2.94. The maximum Gasteiger partial charge on any atom is 0.191 e. The van der Waals surface area contributed by atoms with Gasteiger partial charge in [-0.05, 0) is 18.2 Å². The monoisotopic (exact) mass is 179 g/mol. The maximum absolute atomic E-state index is 4.85. The van der Waals surface area contributed by atoms with Crippen LogP contribution in [-0.2, 0) is 4.74 Å². The van der Waals surface area contributed by atoms with Crippen LogP contribution < -0.4 is 0 Å². The van der Waals surface area contributed by atoms with Crippen molar-refractivity contribution in [2.75, 3.05) is 24.9 Å². The molecule has 0 fully saturated rings. The van der Waals surface area contributed by atoms with Gasteiger partial charge in [0.1, 0.15) is 0 Å². The summed E-state index contributed by atoms with van der Waals surface area (Å²) in [6.45, 7) is 1.85. The first-order valence-electron chi connectivity index (χ1n) is 3.00. The molecule has 10 heavy (non-hydrogen) atoms. The van der Waals surface area contributed by atoms with Gasteiger partial charge in [-0.2, -0.15) is 16.2 Å². The first-order chi connectivity index (χ1) is 4.81. The molecule has 0 aromatic heterocycles. The number of methoxy groups -OCH3 is 1. The quantitative estimate of drug-likeness (QED) is 0.285. The fourth-order valence-corrected chi connectivity index (χ4v) is 1.61. The molecule has 0 saturated heterocycles. The largest absolute Gasteiger partial charge is 0.484 e. The van der Waals surface area contributed by atoms with E-state index in [0.717, 1.165) is 17.4 Å². The van der Waals surface area contributed by atoms with Crippen LogP contribution >= 0.6 is 23.7 Å². The maximum atomic E-state index is 4.85. The van der Waals surface area contributed by atoms with Crippen molar-refractivity contribution < 1.29 is 4.74 Å². The van der Waals surface area contributed by atoms with Crippen LogP contribution in [0, 0.1) is 0 Å². The third-order valence-electron chi connectivity index (χ3n) is 0.867. The lowest BCUT2D eigenvalue weighted by Crippen LogP contribution is -1.91. The standard InChI is InChI=1S/C6H13NOS2/c1-6(8-2)7-10-5-4-9-3/h4-5H2,1-3H3. The van der Waals surface area contributed by atoms with Gasteiger partial charge in [0.25, 0.3) is 0 Å². The average molecular weight is 179 g/mol. The van der Waals surface area contributed by atoms with Gasteiger partial charge >= 0.3 is 0 Å². The number of hydrogen-bond acceptors (Lipinski definition) is 4. The lowest BCUT2D eigenvalue weighted by atomic mass is 10.8. The van der Waals surface area contributed by atoms with Crippen LogP contribution in [0.2, 0.25) is 0 Å². The molecule has 60 valence electrons. The van der Waals surface area contributed by atoms with Crippen molar-refractivity contribution in [3.05, 3.63) is 0 Å². The molecule has 0 N–H and O–H groups in total. The molecule has 0 saturated carbocycles. The number of hydrogen-bond donors (Lipinski definition) is 0. The second-order valence-corrected chi connectivity index (χ2v) is 3.48. The van der Waals surface area contributed by atoms with Crippen LogP contribution in [0.4, 0.5) is 0 Å². The predicted octanol–water partition coefficient (Wildman–Crippen LogP) is 2.06. The van der Waals surface area contributed by atoms with Crippen LogP contribution in [-0.4, -0.2) is 30.8 Å². The molecule has 0 unspecified atom stereocenters. The Morgan fingerprint density at radius 1 is 1.50 bits per heavy atom. The number of nitrogens with zero attached hydrogens (tertiary/aromatic N) is 1. The lowest BCUT2D eigenvalue weighted by molar-refractivity contribution is 0.401.